The van der Waals surface area contributed by atoms with Gasteiger partial charge in [-0.3, -0.25) is 9.80 Å². The Labute approximate surface area is 135 Å². The van der Waals surface area contributed by atoms with Crippen molar-refractivity contribution in [2.45, 2.75) is 38.6 Å². The third-order valence-electron chi connectivity index (χ3n) is 5.31. The van der Waals surface area contributed by atoms with Crippen molar-refractivity contribution in [3.8, 4) is 0 Å². The molecule has 3 rings (SSSR count). The van der Waals surface area contributed by atoms with E-state index in [1.54, 1.807) is 0 Å². The molecule has 1 saturated heterocycles. The van der Waals surface area contributed by atoms with Gasteiger partial charge in [0.05, 0.1) is 0 Å². The molecule has 1 aromatic carbocycles. The van der Waals surface area contributed by atoms with Gasteiger partial charge in [0.2, 0.25) is 0 Å². The molecule has 1 aliphatic heterocycles. The quantitative estimate of drug-likeness (QED) is 0.832. The van der Waals surface area contributed by atoms with Crippen LogP contribution >= 0.6 is 0 Å². The summed E-state index contributed by atoms with van der Waals surface area (Å²) in [6, 6.07) is 11.5. The molecule has 2 atom stereocenters. The van der Waals surface area contributed by atoms with Crippen LogP contribution < -0.4 is 0 Å². The summed E-state index contributed by atoms with van der Waals surface area (Å²) in [5.74, 6) is 0.936. The summed E-state index contributed by atoms with van der Waals surface area (Å²) in [7, 11) is 0. The van der Waals surface area contributed by atoms with Crippen LogP contribution in [-0.4, -0.2) is 48.6 Å². The normalized spacial score (nSPS) is 28.2. The van der Waals surface area contributed by atoms with E-state index in [2.05, 4.69) is 59.2 Å². The molecule has 1 heterocycles. The number of hydrogen-bond acceptors (Lipinski definition) is 2. The number of hydrogen-bond donors (Lipinski definition) is 0. The summed E-state index contributed by atoms with van der Waals surface area (Å²) in [6.07, 6.45) is 10.3. The Balaban J connectivity index is 1.41. The van der Waals surface area contributed by atoms with Gasteiger partial charge in [-0.1, -0.05) is 62.2 Å². The lowest BCUT2D eigenvalue weighted by molar-refractivity contribution is 0.0740. The van der Waals surface area contributed by atoms with E-state index in [0.717, 1.165) is 18.5 Å². The fourth-order valence-corrected chi connectivity index (χ4v) is 3.95. The van der Waals surface area contributed by atoms with Crippen LogP contribution in [-0.2, 0) is 0 Å². The molecule has 22 heavy (non-hydrogen) atoms. The molecule has 2 aliphatic rings. The Morgan fingerprint density at radius 3 is 2.55 bits per heavy atom. The second kappa shape index (κ2) is 7.94. The van der Waals surface area contributed by atoms with Crippen molar-refractivity contribution in [1.29, 1.82) is 0 Å². The highest BCUT2D eigenvalue weighted by Gasteiger charge is 2.27. The van der Waals surface area contributed by atoms with Gasteiger partial charge >= 0.3 is 0 Å². The van der Waals surface area contributed by atoms with Crippen molar-refractivity contribution in [3.63, 3.8) is 0 Å². The zero-order valence-electron chi connectivity index (χ0n) is 14.0. The molecule has 0 bridgehead atoms. The van der Waals surface area contributed by atoms with Gasteiger partial charge < -0.3 is 0 Å². The number of benzene rings is 1. The van der Waals surface area contributed by atoms with Gasteiger partial charge in [-0.05, 0) is 24.3 Å². The molecule has 120 valence electrons. The lowest BCUT2D eigenvalue weighted by atomic mass is 9.86. The Kier molecular flexibility index (Phi) is 5.69. The monoisotopic (exact) mass is 298 g/mol. The van der Waals surface area contributed by atoms with Crippen molar-refractivity contribution in [2.24, 2.45) is 5.92 Å². The second-order valence-corrected chi connectivity index (χ2v) is 7.08. The van der Waals surface area contributed by atoms with E-state index in [-0.39, 0.29) is 0 Å². The molecule has 0 spiro atoms. The van der Waals surface area contributed by atoms with Crippen molar-refractivity contribution in [1.82, 2.24) is 9.80 Å². The summed E-state index contributed by atoms with van der Waals surface area (Å²) in [5, 5.41) is 0. The summed E-state index contributed by atoms with van der Waals surface area (Å²) >= 11 is 0. The number of rotatable bonds is 4. The minimum atomic E-state index is 0.866. The van der Waals surface area contributed by atoms with Crippen LogP contribution in [0.3, 0.4) is 0 Å². The lowest BCUT2D eigenvalue weighted by Crippen LogP contribution is -2.51. The SMILES string of the molecule is CC1CCCC(N2CCN(CC=Cc3ccccc3)CC2)C1. The zero-order valence-corrected chi connectivity index (χ0v) is 14.0. The topological polar surface area (TPSA) is 6.48 Å². The Morgan fingerprint density at radius 1 is 1.05 bits per heavy atom. The van der Waals surface area contributed by atoms with Crippen LogP contribution in [0.25, 0.3) is 6.08 Å². The summed E-state index contributed by atoms with van der Waals surface area (Å²) in [5.41, 5.74) is 1.30. The van der Waals surface area contributed by atoms with E-state index in [1.807, 2.05) is 0 Å². The molecule has 0 radical (unpaired) electrons. The second-order valence-electron chi connectivity index (χ2n) is 7.08. The van der Waals surface area contributed by atoms with Crippen molar-refractivity contribution >= 4 is 6.08 Å². The average Bonchev–Trinajstić information content (AvgIpc) is 2.56. The first kappa shape index (κ1) is 15.8. The van der Waals surface area contributed by atoms with Gasteiger partial charge in [-0.2, -0.15) is 0 Å². The smallest absolute Gasteiger partial charge is 0.0167 e. The fraction of sp³-hybridized carbons (Fsp3) is 0.600. The highest BCUT2D eigenvalue weighted by atomic mass is 15.3. The Hall–Kier alpha value is -1.12. The molecular formula is C20H30N2. The lowest BCUT2D eigenvalue weighted by Gasteiger charge is -2.41. The minimum Gasteiger partial charge on any atom is -0.298 e. The molecule has 1 aromatic rings. The molecule has 2 fully saturated rings. The first-order valence-electron chi connectivity index (χ1n) is 8.99. The maximum Gasteiger partial charge on any atom is 0.0167 e. The fourth-order valence-electron chi connectivity index (χ4n) is 3.95. The third-order valence-corrected chi connectivity index (χ3v) is 5.31. The minimum absolute atomic E-state index is 0.866. The van der Waals surface area contributed by atoms with E-state index in [4.69, 9.17) is 0 Å². The third kappa shape index (κ3) is 4.44. The van der Waals surface area contributed by atoms with Crippen molar-refractivity contribution < 1.29 is 0 Å². The van der Waals surface area contributed by atoms with Gasteiger partial charge in [0.15, 0.2) is 0 Å². The molecular weight excluding hydrogens is 268 g/mol. The van der Waals surface area contributed by atoms with Crippen LogP contribution in [0.15, 0.2) is 36.4 Å². The highest BCUT2D eigenvalue weighted by Crippen LogP contribution is 2.27. The van der Waals surface area contributed by atoms with E-state index in [9.17, 15) is 0 Å². The molecule has 2 heteroatoms. The van der Waals surface area contributed by atoms with Crippen LogP contribution in [0.1, 0.15) is 38.2 Å². The van der Waals surface area contributed by atoms with Crippen LogP contribution in [0.2, 0.25) is 0 Å². The first-order chi connectivity index (χ1) is 10.8. The summed E-state index contributed by atoms with van der Waals surface area (Å²) in [6.45, 7) is 8.49. The van der Waals surface area contributed by atoms with Gasteiger partial charge in [0.1, 0.15) is 0 Å². The van der Waals surface area contributed by atoms with Gasteiger partial charge in [0.25, 0.3) is 0 Å². The number of nitrogens with zero attached hydrogens (tertiary/aromatic N) is 2. The van der Waals surface area contributed by atoms with Crippen LogP contribution in [0.5, 0.6) is 0 Å². The summed E-state index contributed by atoms with van der Waals surface area (Å²) in [4.78, 5) is 5.34. The van der Waals surface area contributed by atoms with E-state index < -0.39 is 0 Å². The maximum atomic E-state index is 2.76. The van der Waals surface area contributed by atoms with Gasteiger partial charge in [-0.25, -0.2) is 0 Å². The largest absolute Gasteiger partial charge is 0.298 e. The van der Waals surface area contributed by atoms with Crippen LogP contribution in [0.4, 0.5) is 0 Å². The molecule has 0 amide bonds. The van der Waals surface area contributed by atoms with Gasteiger partial charge in [0, 0.05) is 38.8 Å². The van der Waals surface area contributed by atoms with E-state index in [0.29, 0.717) is 0 Å². The number of piperazine rings is 1. The van der Waals surface area contributed by atoms with Crippen LogP contribution in [0, 0.1) is 5.92 Å². The maximum absolute atomic E-state index is 2.76. The predicted molar refractivity (Wildman–Crippen MR) is 94.9 cm³/mol. The predicted octanol–water partition coefficient (Wildman–Crippen LogP) is 3.90. The molecule has 2 nitrogen and oxygen atoms in total. The first-order valence-corrected chi connectivity index (χ1v) is 8.99. The molecule has 0 N–H and O–H groups in total. The zero-order chi connectivity index (χ0) is 15.2. The standard InChI is InChI=1S/C20H30N2/c1-18-7-5-11-20(17-18)22-15-13-21(14-16-22)12-6-10-19-8-3-2-4-9-19/h2-4,6,8-10,18,20H,5,7,11-17H2,1H3. The molecule has 2 unspecified atom stereocenters. The highest BCUT2D eigenvalue weighted by molar-refractivity contribution is 5.48. The molecule has 0 aromatic heterocycles. The van der Waals surface area contributed by atoms with Crippen molar-refractivity contribution in [2.75, 3.05) is 32.7 Å². The van der Waals surface area contributed by atoms with Crippen molar-refractivity contribution in [3.05, 3.63) is 42.0 Å². The summed E-state index contributed by atoms with van der Waals surface area (Å²) < 4.78 is 0. The Bertz CT molecular complexity index is 460. The Morgan fingerprint density at radius 2 is 1.82 bits per heavy atom. The average molecular weight is 298 g/mol. The van der Waals surface area contributed by atoms with Gasteiger partial charge in [-0.15, -0.1) is 0 Å². The molecule has 1 saturated carbocycles. The molecule has 1 aliphatic carbocycles. The van der Waals surface area contributed by atoms with E-state index >= 15 is 0 Å². The van der Waals surface area contributed by atoms with E-state index in [1.165, 1.54) is 57.4 Å².